The summed E-state index contributed by atoms with van der Waals surface area (Å²) >= 11 is 1.65. The van der Waals surface area contributed by atoms with Crippen molar-refractivity contribution in [3.63, 3.8) is 0 Å². The summed E-state index contributed by atoms with van der Waals surface area (Å²) in [6, 6.07) is 7.99. The molecule has 1 amide bonds. The molecule has 28 heavy (non-hydrogen) atoms. The number of hydrogen-bond acceptors (Lipinski definition) is 6. The van der Waals surface area contributed by atoms with Crippen LogP contribution in [0.1, 0.15) is 26.5 Å². The molecule has 0 atom stereocenters. The Hall–Kier alpha value is -1.96. The van der Waals surface area contributed by atoms with E-state index in [2.05, 4.69) is 20.5 Å². The van der Waals surface area contributed by atoms with Crippen molar-refractivity contribution in [2.45, 2.75) is 32.9 Å². The van der Waals surface area contributed by atoms with Gasteiger partial charge in [-0.05, 0) is 32.9 Å². The van der Waals surface area contributed by atoms with E-state index in [1.165, 1.54) is 0 Å². The standard InChI is InChI=1S/C21H30N4O2S/c1-21(2,3)23-19(26)14-25-11-9-24(10-12-25)13-16-15-28-20(22-16)17-7-5-6-8-18(17)27-4/h5-8,15H,9-14H2,1-4H3,(H,23,26). The van der Waals surface area contributed by atoms with Crippen LogP contribution in [0, 0.1) is 0 Å². The lowest BCUT2D eigenvalue weighted by molar-refractivity contribution is -0.124. The van der Waals surface area contributed by atoms with Gasteiger partial charge in [0.1, 0.15) is 10.8 Å². The molecular formula is C21H30N4O2S. The van der Waals surface area contributed by atoms with Crippen LogP contribution >= 0.6 is 11.3 Å². The summed E-state index contributed by atoms with van der Waals surface area (Å²) in [5.41, 5.74) is 1.95. The van der Waals surface area contributed by atoms with Gasteiger partial charge in [0.15, 0.2) is 0 Å². The summed E-state index contributed by atoms with van der Waals surface area (Å²) in [5.74, 6) is 0.951. The van der Waals surface area contributed by atoms with Gasteiger partial charge in [0.25, 0.3) is 0 Å². The molecule has 1 aliphatic heterocycles. The summed E-state index contributed by atoms with van der Waals surface area (Å²) in [7, 11) is 1.69. The first-order chi connectivity index (χ1) is 13.3. The summed E-state index contributed by atoms with van der Waals surface area (Å²) in [6.07, 6.45) is 0. The van der Waals surface area contributed by atoms with Crippen LogP contribution < -0.4 is 10.1 Å². The molecule has 0 aliphatic carbocycles. The minimum atomic E-state index is -0.178. The van der Waals surface area contributed by atoms with E-state index in [1.54, 1.807) is 18.4 Å². The number of amides is 1. The molecule has 1 saturated heterocycles. The number of ether oxygens (including phenoxy) is 1. The SMILES string of the molecule is COc1ccccc1-c1nc(CN2CCN(CC(=O)NC(C)(C)C)CC2)cs1. The molecule has 0 bridgehead atoms. The number of nitrogens with zero attached hydrogens (tertiary/aromatic N) is 3. The summed E-state index contributed by atoms with van der Waals surface area (Å²) in [5, 5.41) is 6.15. The van der Waals surface area contributed by atoms with Gasteiger partial charge < -0.3 is 10.1 Å². The summed E-state index contributed by atoms with van der Waals surface area (Å²) < 4.78 is 5.45. The molecule has 1 aliphatic rings. The van der Waals surface area contributed by atoms with Crippen molar-refractivity contribution >= 4 is 17.2 Å². The maximum absolute atomic E-state index is 12.1. The van der Waals surface area contributed by atoms with E-state index >= 15 is 0 Å². The molecule has 0 saturated carbocycles. The minimum Gasteiger partial charge on any atom is -0.496 e. The van der Waals surface area contributed by atoms with E-state index in [-0.39, 0.29) is 11.4 Å². The maximum atomic E-state index is 12.1. The summed E-state index contributed by atoms with van der Waals surface area (Å²) in [4.78, 5) is 21.5. The lowest BCUT2D eigenvalue weighted by atomic mass is 10.1. The number of piperazine rings is 1. The number of hydrogen-bond donors (Lipinski definition) is 1. The lowest BCUT2D eigenvalue weighted by Gasteiger charge is -2.34. The molecule has 1 aromatic carbocycles. The van der Waals surface area contributed by atoms with Crippen molar-refractivity contribution in [1.29, 1.82) is 0 Å². The summed E-state index contributed by atoms with van der Waals surface area (Å²) in [6.45, 7) is 11.0. The van der Waals surface area contributed by atoms with Crippen molar-refractivity contribution in [2.75, 3.05) is 39.8 Å². The number of aromatic nitrogens is 1. The van der Waals surface area contributed by atoms with Gasteiger partial charge in [-0.15, -0.1) is 11.3 Å². The van der Waals surface area contributed by atoms with E-state index in [9.17, 15) is 4.79 Å². The highest BCUT2D eigenvalue weighted by molar-refractivity contribution is 7.13. The zero-order chi connectivity index (χ0) is 20.1. The number of rotatable bonds is 6. The number of thiazole rings is 1. The Morgan fingerprint density at radius 3 is 2.54 bits per heavy atom. The van der Waals surface area contributed by atoms with Gasteiger partial charge in [0.05, 0.1) is 24.9 Å². The molecule has 3 rings (SSSR count). The monoisotopic (exact) mass is 402 g/mol. The van der Waals surface area contributed by atoms with Crippen LogP contribution in [-0.4, -0.2) is 66.1 Å². The number of para-hydroxylation sites is 1. The van der Waals surface area contributed by atoms with Crippen LogP contribution in [-0.2, 0) is 11.3 Å². The fourth-order valence-electron chi connectivity index (χ4n) is 3.32. The fraction of sp³-hybridized carbons (Fsp3) is 0.524. The van der Waals surface area contributed by atoms with Crippen molar-refractivity contribution in [1.82, 2.24) is 20.1 Å². The second kappa shape index (κ2) is 9.03. The number of methoxy groups -OCH3 is 1. The van der Waals surface area contributed by atoms with Crippen LogP contribution in [0.4, 0.5) is 0 Å². The van der Waals surface area contributed by atoms with Crippen molar-refractivity contribution in [3.05, 3.63) is 35.3 Å². The minimum absolute atomic E-state index is 0.0990. The number of carbonyl (C=O) groups is 1. The van der Waals surface area contributed by atoms with E-state index < -0.39 is 0 Å². The number of nitrogens with one attached hydrogen (secondary N) is 1. The van der Waals surface area contributed by atoms with E-state index in [1.807, 2.05) is 45.0 Å². The second-order valence-electron chi connectivity index (χ2n) is 8.19. The topological polar surface area (TPSA) is 57.7 Å². The smallest absolute Gasteiger partial charge is 0.234 e. The van der Waals surface area contributed by atoms with E-state index in [0.29, 0.717) is 6.54 Å². The Balaban J connectivity index is 1.50. The van der Waals surface area contributed by atoms with Crippen LogP contribution in [0.5, 0.6) is 5.75 Å². The van der Waals surface area contributed by atoms with Crippen LogP contribution in [0.15, 0.2) is 29.6 Å². The Morgan fingerprint density at radius 2 is 1.86 bits per heavy atom. The first-order valence-electron chi connectivity index (χ1n) is 9.67. The van der Waals surface area contributed by atoms with Gasteiger partial charge in [-0.25, -0.2) is 4.98 Å². The Kier molecular flexibility index (Phi) is 6.69. The number of carbonyl (C=O) groups excluding carboxylic acids is 1. The normalized spacial score (nSPS) is 16.1. The Bertz CT molecular complexity index is 792. The van der Waals surface area contributed by atoms with Gasteiger partial charge in [0.2, 0.25) is 5.91 Å². The number of benzene rings is 1. The third-order valence-electron chi connectivity index (χ3n) is 4.62. The lowest BCUT2D eigenvalue weighted by Crippen LogP contribution is -2.51. The molecule has 2 aromatic rings. The Morgan fingerprint density at radius 1 is 1.18 bits per heavy atom. The fourth-order valence-corrected chi connectivity index (χ4v) is 4.16. The van der Waals surface area contributed by atoms with Crippen LogP contribution in [0.2, 0.25) is 0 Å². The maximum Gasteiger partial charge on any atom is 0.234 e. The van der Waals surface area contributed by atoms with Gasteiger partial charge in [0, 0.05) is 43.6 Å². The van der Waals surface area contributed by atoms with Crippen LogP contribution in [0.25, 0.3) is 10.6 Å². The molecule has 7 heteroatoms. The zero-order valence-electron chi connectivity index (χ0n) is 17.2. The molecular weight excluding hydrogens is 372 g/mol. The third-order valence-corrected chi connectivity index (χ3v) is 5.55. The first kappa shape index (κ1) is 20.8. The molecule has 0 spiro atoms. The van der Waals surface area contributed by atoms with E-state index in [0.717, 1.165) is 54.7 Å². The zero-order valence-corrected chi connectivity index (χ0v) is 18.0. The van der Waals surface area contributed by atoms with Crippen LogP contribution in [0.3, 0.4) is 0 Å². The first-order valence-corrected chi connectivity index (χ1v) is 10.6. The Labute approximate surface area is 171 Å². The van der Waals surface area contributed by atoms with Gasteiger partial charge >= 0.3 is 0 Å². The molecule has 1 aromatic heterocycles. The highest BCUT2D eigenvalue weighted by Crippen LogP contribution is 2.32. The molecule has 1 fully saturated rings. The highest BCUT2D eigenvalue weighted by Gasteiger charge is 2.22. The van der Waals surface area contributed by atoms with Gasteiger partial charge in [-0.3, -0.25) is 14.6 Å². The molecule has 152 valence electrons. The van der Waals surface area contributed by atoms with Gasteiger partial charge in [-0.1, -0.05) is 12.1 Å². The molecule has 0 unspecified atom stereocenters. The molecule has 6 nitrogen and oxygen atoms in total. The largest absolute Gasteiger partial charge is 0.496 e. The van der Waals surface area contributed by atoms with Crippen molar-refractivity contribution in [3.8, 4) is 16.3 Å². The molecule has 0 radical (unpaired) electrons. The highest BCUT2D eigenvalue weighted by atomic mass is 32.1. The van der Waals surface area contributed by atoms with E-state index in [4.69, 9.17) is 9.72 Å². The average molecular weight is 403 g/mol. The van der Waals surface area contributed by atoms with Crippen molar-refractivity contribution in [2.24, 2.45) is 0 Å². The predicted molar refractivity (Wildman–Crippen MR) is 114 cm³/mol. The van der Waals surface area contributed by atoms with Gasteiger partial charge in [-0.2, -0.15) is 0 Å². The quantitative estimate of drug-likeness (QED) is 0.805. The third kappa shape index (κ3) is 5.77. The predicted octanol–water partition coefficient (Wildman–Crippen LogP) is 2.85. The molecule has 1 N–H and O–H groups in total. The average Bonchev–Trinajstić information content (AvgIpc) is 3.10. The second-order valence-corrected chi connectivity index (χ2v) is 9.05. The van der Waals surface area contributed by atoms with Crippen molar-refractivity contribution < 1.29 is 9.53 Å². The molecule has 2 heterocycles.